The molecule has 0 saturated carbocycles. The van der Waals surface area contributed by atoms with E-state index in [4.69, 9.17) is 5.32 Å². The standard InChI is InChI=1S/C26H27FN5O/c27-25-22(5-2-9-30-25)26(33)32-11-7-21(8-12-32)31-23-15-20(14-19-6-10-29-24(19)23)18-4-1-3-17(13-18)16-28/h1-6,9-10,13-14,19,21,23-25,31H,7-8,11-12,15H2,(H,30,33)/q-1. The average molecular weight is 445 g/mol. The van der Waals surface area contributed by atoms with Crippen molar-refractivity contribution in [3.8, 4) is 6.07 Å². The van der Waals surface area contributed by atoms with Gasteiger partial charge in [0.1, 0.15) is 0 Å². The predicted molar refractivity (Wildman–Crippen MR) is 125 cm³/mol. The van der Waals surface area contributed by atoms with E-state index in [2.05, 4.69) is 34.9 Å². The number of halogens is 1. The Hall–Kier alpha value is -3.37. The van der Waals surface area contributed by atoms with Crippen LogP contribution in [-0.4, -0.2) is 48.3 Å². The average Bonchev–Trinajstić information content (AvgIpc) is 3.34. The molecule has 0 radical (unpaired) electrons. The molecule has 170 valence electrons. The Kier molecular flexibility index (Phi) is 6.01. The third kappa shape index (κ3) is 4.44. The maximum Gasteiger partial charge on any atom is 0.254 e. The van der Waals surface area contributed by atoms with Crippen LogP contribution in [0.1, 0.15) is 30.4 Å². The summed E-state index contributed by atoms with van der Waals surface area (Å²) in [6.45, 7) is 1.21. The number of fused-ring (bicyclic) bond motifs is 1. The van der Waals surface area contributed by atoms with Crippen molar-refractivity contribution in [2.45, 2.75) is 43.7 Å². The van der Waals surface area contributed by atoms with Gasteiger partial charge in [-0.3, -0.25) is 4.79 Å². The number of carbonyl (C=O) groups excluding carboxylic acids is 1. The number of carbonyl (C=O) groups is 1. The Bertz CT molecular complexity index is 1080. The molecule has 4 aliphatic rings. The summed E-state index contributed by atoms with van der Waals surface area (Å²) in [6.07, 6.45) is 12.1. The van der Waals surface area contributed by atoms with Crippen molar-refractivity contribution in [2.24, 2.45) is 5.92 Å². The number of hydrogen-bond donors (Lipinski definition) is 2. The highest BCUT2D eigenvalue weighted by molar-refractivity contribution is 5.95. The van der Waals surface area contributed by atoms with Crippen molar-refractivity contribution in [3.05, 3.63) is 83.0 Å². The van der Waals surface area contributed by atoms with Crippen molar-refractivity contribution < 1.29 is 9.18 Å². The highest BCUT2D eigenvalue weighted by Crippen LogP contribution is 2.38. The van der Waals surface area contributed by atoms with Gasteiger partial charge in [0.2, 0.25) is 6.30 Å². The first kappa shape index (κ1) is 21.5. The number of allylic oxidation sites excluding steroid dienone is 2. The van der Waals surface area contributed by atoms with E-state index in [1.165, 1.54) is 11.8 Å². The zero-order chi connectivity index (χ0) is 22.8. The minimum absolute atomic E-state index is 0.171. The lowest BCUT2D eigenvalue weighted by molar-refractivity contribution is -0.129. The Labute approximate surface area is 193 Å². The quantitative estimate of drug-likeness (QED) is 0.697. The summed E-state index contributed by atoms with van der Waals surface area (Å²) in [4.78, 5) is 14.5. The number of hydrogen-bond acceptors (Lipinski definition) is 4. The van der Waals surface area contributed by atoms with Crippen LogP contribution in [0.15, 0.2) is 66.5 Å². The number of piperidine rings is 1. The van der Waals surface area contributed by atoms with E-state index < -0.39 is 6.30 Å². The third-order valence-electron chi connectivity index (χ3n) is 6.94. The number of nitrogens with one attached hydrogen (secondary N) is 2. The van der Waals surface area contributed by atoms with Gasteiger partial charge in [-0.25, -0.2) is 4.39 Å². The molecule has 33 heavy (non-hydrogen) atoms. The number of nitrogens with zero attached hydrogens (tertiary/aromatic N) is 3. The van der Waals surface area contributed by atoms with Crippen LogP contribution in [0, 0.1) is 17.2 Å². The molecule has 4 atom stereocenters. The molecule has 3 aliphatic heterocycles. The summed E-state index contributed by atoms with van der Waals surface area (Å²) in [5.74, 6) is 0.0204. The molecule has 1 aromatic rings. The minimum Gasteiger partial charge on any atom is -0.686 e. The van der Waals surface area contributed by atoms with Crippen molar-refractivity contribution in [3.63, 3.8) is 0 Å². The molecule has 0 aromatic heterocycles. The maximum absolute atomic E-state index is 14.1. The van der Waals surface area contributed by atoms with Gasteiger partial charge in [-0.15, -0.1) is 6.08 Å². The van der Waals surface area contributed by atoms with Gasteiger partial charge < -0.3 is 20.9 Å². The first-order valence-corrected chi connectivity index (χ1v) is 11.5. The highest BCUT2D eigenvalue weighted by atomic mass is 19.1. The second kappa shape index (κ2) is 9.24. The van der Waals surface area contributed by atoms with E-state index in [0.29, 0.717) is 18.7 Å². The van der Waals surface area contributed by atoms with Gasteiger partial charge in [0.05, 0.1) is 17.2 Å². The SMILES string of the molecule is N#Cc1cccc(C2=CC3C=C[N-]C3C(NC3CCN(C(=O)C4=CC=CNC4F)CC3)C2)c1. The molecule has 1 aliphatic carbocycles. The highest BCUT2D eigenvalue weighted by Gasteiger charge is 2.33. The number of rotatable bonds is 4. The van der Waals surface area contributed by atoms with Crippen LogP contribution in [0.3, 0.4) is 0 Å². The Morgan fingerprint density at radius 2 is 2.15 bits per heavy atom. The number of amides is 1. The number of dihydropyridines is 1. The van der Waals surface area contributed by atoms with E-state index >= 15 is 0 Å². The molecule has 0 spiro atoms. The minimum atomic E-state index is -1.45. The van der Waals surface area contributed by atoms with Crippen LogP contribution in [-0.2, 0) is 4.79 Å². The normalized spacial score (nSPS) is 28.8. The molecule has 1 aromatic carbocycles. The smallest absolute Gasteiger partial charge is 0.254 e. The van der Waals surface area contributed by atoms with Crippen LogP contribution in [0.5, 0.6) is 0 Å². The molecule has 1 saturated heterocycles. The third-order valence-corrected chi connectivity index (χ3v) is 6.94. The van der Waals surface area contributed by atoms with E-state index in [1.807, 2.05) is 24.4 Å². The summed E-state index contributed by atoms with van der Waals surface area (Å²) in [5.41, 5.74) is 3.16. The first-order valence-electron chi connectivity index (χ1n) is 11.5. The first-order chi connectivity index (χ1) is 16.1. The monoisotopic (exact) mass is 444 g/mol. The van der Waals surface area contributed by atoms with E-state index in [-0.39, 0.29) is 35.5 Å². The van der Waals surface area contributed by atoms with Crippen LogP contribution < -0.4 is 10.6 Å². The van der Waals surface area contributed by atoms with Crippen molar-refractivity contribution in [1.82, 2.24) is 15.5 Å². The summed E-state index contributed by atoms with van der Waals surface area (Å²) in [5, 5.41) is 20.3. The fraction of sp³-hybridized carbons (Fsp3) is 0.385. The Morgan fingerprint density at radius 1 is 1.30 bits per heavy atom. The van der Waals surface area contributed by atoms with Gasteiger partial charge in [-0.2, -0.15) is 11.5 Å². The summed E-state index contributed by atoms with van der Waals surface area (Å²) >= 11 is 0. The molecule has 5 rings (SSSR count). The molecule has 6 nitrogen and oxygen atoms in total. The lowest BCUT2D eigenvalue weighted by atomic mass is 9.80. The summed E-state index contributed by atoms with van der Waals surface area (Å²) in [7, 11) is 0. The van der Waals surface area contributed by atoms with Gasteiger partial charge in [0.15, 0.2) is 0 Å². The van der Waals surface area contributed by atoms with Gasteiger partial charge in [-0.05, 0) is 72.8 Å². The number of alkyl halides is 1. The Morgan fingerprint density at radius 3 is 2.94 bits per heavy atom. The van der Waals surface area contributed by atoms with E-state index in [1.54, 1.807) is 17.1 Å². The van der Waals surface area contributed by atoms with Crippen LogP contribution >= 0.6 is 0 Å². The number of likely N-dealkylation sites (tertiary alicyclic amines) is 1. The van der Waals surface area contributed by atoms with Crippen LogP contribution in [0.4, 0.5) is 4.39 Å². The van der Waals surface area contributed by atoms with Crippen molar-refractivity contribution in [1.29, 1.82) is 5.26 Å². The Balaban J connectivity index is 1.23. The fourth-order valence-corrected chi connectivity index (χ4v) is 5.19. The van der Waals surface area contributed by atoms with Crippen molar-refractivity contribution in [2.75, 3.05) is 13.1 Å². The second-order valence-electron chi connectivity index (χ2n) is 9.00. The zero-order valence-electron chi connectivity index (χ0n) is 18.3. The van der Waals surface area contributed by atoms with E-state index in [0.717, 1.165) is 24.8 Å². The lowest BCUT2D eigenvalue weighted by Gasteiger charge is -2.44. The number of benzene rings is 1. The van der Waals surface area contributed by atoms with Gasteiger partial charge in [0.25, 0.3) is 5.91 Å². The van der Waals surface area contributed by atoms with E-state index in [9.17, 15) is 14.4 Å². The van der Waals surface area contributed by atoms with Crippen molar-refractivity contribution >= 4 is 11.5 Å². The van der Waals surface area contributed by atoms with Gasteiger partial charge >= 0.3 is 0 Å². The molecule has 1 amide bonds. The fourth-order valence-electron chi connectivity index (χ4n) is 5.19. The maximum atomic E-state index is 14.1. The molecular weight excluding hydrogens is 417 g/mol. The van der Waals surface area contributed by atoms with Crippen LogP contribution in [0.25, 0.3) is 10.9 Å². The molecule has 4 unspecified atom stereocenters. The largest absolute Gasteiger partial charge is 0.686 e. The van der Waals surface area contributed by atoms with Gasteiger partial charge in [-0.1, -0.05) is 24.3 Å². The zero-order valence-corrected chi connectivity index (χ0v) is 18.3. The molecule has 7 heteroatoms. The number of nitriles is 1. The lowest BCUT2D eigenvalue weighted by Crippen LogP contribution is -2.52. The molecule has 1 fully saturated rings. The molecule has 3 heterocycles. The molecule has 0 bridgehead atoms. The predicted octanol–water partition coefficient (Wildman–Crippen LogP) is 3.52. The molecular formula is C26H27FN5O-. The topological polar surface area (TPSA) is 82.3 Å². The second-order valence-corrected chi connectivity index (χ2v) is 9.00. The summed E-state index contributed by atoms with van der Waals surface area (Å²) in [6, 6.07) is 10.6. The molecule has 2 N–H and O–H groups in total. The van der Waals surface area contributed by atoms with Gasteiger partial charge in [0, 0.05) is 19.1 Å². The summed E-state index contributed by atoms with van der Waals surface area (Å²) < 4.78 is 14.1. The van der Waals surface area contributed by atoms with Crippen LogP contribution in [0.2, 0.25) is 0 Å².